The van der Waals surface area contributed by atoms with E-state index in [1.807, 2.05) is 0 Å². The highest BCUT2D eigenvalue weighted by Gasteiger charge is 2.42. The zero-order valence-corrected chi connectivity index (χ0v) is 16.1. The highest BCUT2D eigenvalue weighted by Crippen LogP contribution is 2.15. The van der Waals surface area contributed by atoms with Crippen molar-refractivity contribution in [2.45, 2.75) is 46.0 Å². The Hall–Kier alpha value is -3.18. The van der Waals surface area contributed by atoms with Crippen molar-refractivity contribution in [1.29, 1.82) is 0 Å². The van der Waals surface area contributed by atoms with Crippen LogP contribution in [-0.2, 0) is 52.5 Å². The number of rotatable bonds is 10. The molecule has 0 heterocycles. The van der Waals surface area contributed by atoms with Crippen LogP contribution >= 0.6 is 0 Å². The summed E-state index contributed by atoms with van der Waals surface area (Å²) in [6.45, 7) is 2.94. The van der Waals surface area contributed by atoms with Crippen molar-refractivity contribution in [3.8, 4) is 0 Å². The number of hydrogen-bond acceptors (Lipinski definition) is 11. The Labute approximate surface area is 160 Å². The number of carbonyl (C=O) groups excluding carboxylic acids is 6. The number of amides is 1. The molecule has 3 atom stereocenters. The van der Waals surface area contributed by atoms with Crippen molar-refractivity contribution >= 4 is 35.8 Å². The minimum Gasteiger partial charge on any atom is -0.468 e. The summed E-state index contributed by atoms with van der Waals surface area (Å²) in [5.41, 5.74) is 0. The van der Waals surface area contributed by atoms with Crippen LogP contribution < -0.4 is 5.32 Å². The maximum atomic E-state index is 12.4. The maximum absolute atomic E-state index is 12.4. The second-order valence-corrected chi connectivity index (χ2v) is 5.35. The van der Waals surface area contributed by atoms with Crippen molar-refractivity contribution in [1.82, 2.24) is 5.32 Å². The molecule has 0 aromatic rings. The van der Waals surface area contributed by atoms with Gasteiger partial charge in [0.2, 0.25) is 6.10 Å². The average Bonchev–Trinajstić information content (AvgIpc) is 2.58. The van der Waals surface area contributed by atoms with E-state index in [9.17, 15) is 28.8 Å². The minimum atomic E-state index is -1.81. The smallest absolute Gasteiger partial charge is 0.325 e. The van der Waals surface area contributed by atoms with Crippen LogP contribution in [0.4, 0.5) is 0 Å². The van der Waals surface area contributed by atoms with E-state index in [1.165, 1.54) is 0 Å². The van der Waals surface area contributed by atoms with E-state index in [1.54, 1.807) is 0 Å². The molecule has 1 N–H and O–H groups in total. The fourth-order valence-corrected chi connectivity index (χ4v) is 1.91. The van der Waals surface area contributed by atoms with Crippen LogP contribution in [0.5, 0.6) is 0 Å². The third-order valence-corrected chi connectivity index (χ3v) is 2.92. The highest BCUT2D eigenvalue weighted by atomic mass is 16.6. The fraction of sp³-hybridized carbons (Fsp3) is 0.625. The zero-order chi connectivity index (χ0) is 21.9. The van der Waals surface area contributed by atoms with Crippen LogP contribution in [0, 0.1) is 0 Å². The average molecular weight is 405 g/mol. The minimum absolute atomic E-state index is 0.567. The molecule has 28 heavy (non-hydrogen) atoms. The number of ether oxygens (including phenoxy) is 5. The molecule has 12 nitrogen and oxygen atoms in total. The lowest BCUT2D eigenvalue weighted by Gasteiger charge is -2.30. The molecular weight excluding hydrogens is 382 g/mol. The molecular formula is C16H23NO11. The molecule has 158 valence electrons. The molecule has 0 unspecified atom stereocenters. The van der Waals surface area contributed by atoms with Gasteiger partial charge in [0, 0.05) is 27.7 Å². The zero-order valence-electron chi connectivity index (χ0n) is 16.1. The van der Waals surface area contributed by atoms with Crippen molar-refractivity contribution in [2.24, 2.45) is 0 Å². The first-order valence-electron chi connectivity index (χ1n) is 7.97. The molecule has 0 fully saturated rings. The van der Waals surface area contributed by atoms with E-state index in [4.69, 9.17) is 18.9 Å². The van der Waals surface area contributed by atoms with Gasteiger partial charge in [0.1, 0.15) is 13.2 Å². The summed E-state index contributed by atoms with van der Waals surface area (Å²) in [6, 6.07) is 0. The quantitative estimate of drug-likeness (QED) is 0.337. The van der Waals surface area contributed by atoms with Gasteiger partial charge < -0.3 is 29.0 Å². The molecule has 0 spiro atoms. The number of esters is 5. The van der Waals surface area contributed by atoms with Gasteiger partial charge in [-0.1, -0.05) is 0 Å². The Bertz CT molecular complexity index is 616. The van der Waals surface area contributed by atoms with Gasteiger partial charge in [-0.25, -0.2) is 0 Å². The van der Waals surface area contributed by atoms with Crippen LogP contribution in [0.25, 0.3) is 0 Å². The van der Waals surface area contributed by atoms with Crippen LogP contribution in [0.2, 0.25) is 0 Å². The fourth-order valence-electron chi connectivity index (χ4n) is 1.91. The Balaban J connectivity index is 5.79. The lowest BCUT2D eigenvalue weighted by molar-refractivity contribution is -0.191. The van der Waals surface area contributed by atoms with Gasteiger partial charge in [-0.3, -0.25) is 28.8 Å². The van der Waals surface area contributed by atoms with E-state index in [0.717, 1.165) is 34.8 Å². The predicted molar refractivity (Wildman–Crippen MR) is 88.3 cm³/mol. The van der Waals surface area contributed by atoms with Gasteiger partial charge in [-0.05, 0) is 0 Å². The standard InChI is InChI=1S/C16H23NO11/c1-8(18)25-7-12(26-9(2)19)14(27-10(3)20)15(28-11(4)21)16(23)17-6-13(22)24-5/h12,14-15H,6-7H2,1-5H3,(H,17,23)/t12-,14+,15-/m1/s1. The lowest BCUT2D eigenvalue weighted by atomic mass is 10.1. The number of nitrogens with one attached hydrogen (secondary N) is 1. The molecule has 0 aromatic heterocycles. The molecule has 0 bridgehead atoms. The number of hydrogen-bond donors (Lipinski definition) is 1. The van der Waals surface area contributed by atoms with Crippen molar-refractivity contribution < 1.29 is 52.5 Å². The van der Waals surface area contributed by atoms with Gasteiger partial charge in [0.15, 0.2) is 12.2 Å². The van der Waals surface area contributed by atoms with Crippen LogP contribution in [0.3, 0.4) is 0 Å². The summed E-state index contributed by atoms with van der Waals surface area (Å²) in [5, 5.41) is 2.14. The normalized spacial score (nSPS) is 13.2. The molecule has 0 aromatic carbocycles. The van der Waals surface area contributed by atoms with Gasteiger partial charge in [-0.15, -0.1) is 0 Å². The molecule has 0 aliphatic rings. The second kappa shape index (κ2) is 12.3. The predicted octanol–water partition coefficient (Wildman–Crippen LogP) is -1.37. The lowest BCUT2D eigenvalue weighted by Crippen LogP contribution is -2.54. The molecule has 0 saturated carbocycles. The Morgan fingerprint density at radius 3 is 1.75 bits per heavy atom. The topological polar surface area (TPSA) is 161 Å². The SMILES string of the molecule is COC(=O)CNC(=O)[C@H](OC(C)=O)[C@@H](OC(C)=O)[C@@H](COC(C)=O)OC(C)=O. The Kier molecular flexibility index (Phi) is 10.9. The van der Waals surface area contributed by atoms with E-state index in [-0.39, 0.29) is 0 Å². The van der Waals surface area contributed by atoms with Crippen molar-refractivity contribution in [2.75, 3.05) is 20.3 Å². The first kappa shape index (κ1) is 24.8. The van der Waals surface area contributed by atoms with Crippen molar-refractivity contribution in [3.05, 3.63) is 0 Å². The van der Waals surface area contributed by atoms with Crippen molar-refractivity contribution in [3.63, 3.8) is 0 Å². The summed E-state index contributed by atoms with van der Waals surface area (Å²) in [7, 11) is 1.09. The van der Waals surface area contributed by atoms with Crippen LogP contribution in [-0.4, -0.2) is 74.3 Å². The monoisotopic (exact) mass is 405 g/mol. The van der Waals surface area contributed by atoms with Gasteiger partial charge >= 0.3 is 29.8 Å². The first-order chi connectivity index (χ1) is 13.0. The van der Waals surface area contributed by atoms with Crippen LogP contribution in [0.1, 0.15) is 27.7 Å². The molecule has 12 heteroatoms. The van der Waals surface area contributed by atoms with E-state index in [2.05, 4.69) is 10.1 Å². The number of methoxy groups -OCH3 is 1. The Morgan fingerprint density at radius 2 is 1.32 bits per heavy atom. The van der Waals surface area contributed by atoms with E-state index < -0.39 is 67.2 Å². The van der Waals surface area contributed by atoms with Gasteiger partial charge in [0.05, 0.1) is 7.11 Å². The Morgan fingerprint density at radius 1 is 0.786 bits per heavy atom. The third kappa shape index (κ3) is 10.1. The highest BCUT2D eigenvalue weighted by molar-refractivity contribution is 5.87. The molecule has 0 saturated heterocycles. The summed E-state index contributed by atoms with van der Waals surface area (Å²) < 4.78 is 24.0. The summed E-state index contributed by atoms with van der Waals surface area (Å²) in [4.78, 5) is 69.0. The summed E-state index contributed by atoms with van der Waals surface area (Å²) >= 11 is 0. The van der Waals surface area contributed by atoms with E-state index >= 15 is 0 Å². The molecule has 0 rings (SSSR count). The van der Waals surface area contributed by atoms with Crippen LogP contribution in [0.15, 0.2) is 0 Å². The maximum Gasteiger partial charge on any atom is 0.325 e. The number of carbonyl (C=O) groups is 6. The molecule has 0 radical (unpaired) electrons. The summed E-state index contributed by atoms with van der Waals surface area (Å²) in [6.07, 6.45) is -4.95. The first-order valence-corrected chi connectivity index (χ1v) is 7.97. The summed E-state index contributed by atoms with van der Waals surface area (Å²) in [5.74, 6) is -5.24. The molecule has 0 aliphatic heterocycles. The largest absolute Gasteiger partial charge is 0.468 e. The van der Waals surface area contributed by atoms with Gasteiger partial charge in [0.25, 0.3) is 5.91 Å². The second-order valence-electron chi connectivity index (χ2n) is 5.35. The molecule has 1 amide bonds. The van der Waals surface area contributed by atoms with Gasteiger partial charge in [-0.2, -0.15) is 0 Å². The molecule has 0 aliphatic carbocycles. The van der Waals surface area contributed by atoms with E-state index in [0.29, 0.717) is 0 Å². The third-order valence-electron chi connectivity index (χ3n) is 2.92.